The van der Waals surface area contributed by atoms with Crippen LogP contribution >= 0.6 is 11.8 Å². The summed E-state index contributed by atoms with van der Waals surface area (Å²) in [5.41, 5.74) is 3.90. The number of fused-ring (bicyclic) bond motifs is 1. The summed E-state index contributed by atoms with van der Waals surface area (Å²) in [7, 11) is -3.13. The monoisotopic (exact) mass is 460 g/mol. The predicted molar refractivity (Wildman–Crippen MR) is 124 cm³/mol. The Bertz CT molecular complexity index is 1110. The van der Waals surface area contributed by atoms with Crippen molar-refractivity contribution in [2.45, 2.75) is 44.4 Å². The third-order valence-corrected chi connectivity index (χ3v) is 8.97. The van der Waals surface area contributed by atoms with E-state index < -0.39 is 9.84 Å². The molecule has 0 spiro atoms. The van der Waals surface area contributed by atoms with Crippen molar-refractivity contribution < 1.29 is 17.6 Å². The lowest BCUT2D eigenvalue weighted by Gasteiger charge is -2.29. The van der Waals surface area contributed by atoms with Gasteiger partial charge in [0.1, 0.15) is 5.82 Å². The Morgan fingerprint density at radius 3 is 2.35 bits per heavy atom. The van der Waals surface area contributed by atoms with Gasteiger partial charge in [0.05, 0.1) is 24.0 Å². The second-order valence-corrected chi connectivity index (χ2v) is 11.3. The van der Waals surface area contributed by atoms with E-state index in [1.165, 1.54) is 23.9 Å². The van der Waals surface area contributed by atoms with Crippen LogP contribution in [0, 0.1) is 5.82 Å². The third kappa shape index (κ3) is 4.55. The molecule has 1 amide bonds. The van der Waals surface area contributed by atoms with E-state index in [9.17, 15) is 17.6 Å². The van der Waals surface area contributed by atoms with Crippen molar-refractivity contribution in [1.82, 2.24) is 0 Å². The molecule has 0 N–H and O–H groups in total. The number of amides is 1. The molecule has 0 aromatic heterocycles. The zero-order valence-electron chi connectivity index (χ0n) is 17.5. The number of rotatable bonds is 5. The molecule has 31 heavy (non-hydrogen) atoms. The van der Waals surface area contributed by atoms with Crippen molar-refractivity contribution in [3.05, 3.63) is 65.0 Å². The Kier molecular flexibility index (Phi) is 6.21. The summed E-state index contributed by atoms with van der Waals surface area (Å²) < 4.78 is 37.9. The van der Waals surface area contributed by atoms with Gasteiger partial charge in [-0.3, -0.25) is 4.79 Å². The summed E-state index contributed by atoms with van der Waals surface area (Å²) in [5, 5.41) is 0.421. The van der Waals surface area contributed by atoms with Crippen molar-refractivity contribution in [2.24, 2.45) is 4.99 Å². The molecule has 2 aromatic rings. The van der Waals surface area contributed by atoms with E-state index in [0.29, 0.717) is 10.7 Å². The van der Waals surface area contributed by atoms with Crippen LogP contribution in [-0.2, 0) is 33.9 Å². The predicted octanol–water partition coefficient (Wildman–Crippen LogP) is 3.79. The number of anilines is 1. The quantitative estimate of drug-likeness (QED) is 0.679. The lowest BCUT2D eigenvalue weighted by Crippen LogP contribution is -2.39. The van der Waals surface area contributed by atoms with E-state index in [-0.39, 0.29) is 40.9 Å². The Labute approximate surface area is 186 Å². The molecule has 2 aliphatic rings. The van der Waals surface area contributed by atoms with Gasteiger partial charge in [-0.2, -0.15) is 4.99 Å². The number of sulfone groups is 1. The average Bonchev–Trinajstić information content (AvgIpc) is 3.19. The number of halogens is 1. The highest BCUT2D eigenvalue weighted by molar-refractivity contribution is 8.16. The Balaban J connectivity index is 1.73. The van der Waals surface area contributed by atoms with E-state index in [4.69, 9.17) is 0 Å². The molecule has 0 aliphatic carbocycles. The maximum atomic E-state index is 13.2. The van der Waals surface area contributed by atoms with Crippen LogP contribution in [0.4, 0.5) is 10.1 Å². The van der Waals surface area contributed by atoms with Gasteiger partial charge in [-0.25, -0.2) is 12.8 Å². The van der Waals surface area contributed by atoms with Crippen molar-refractivity contribution in [1.29, 1.82) is 0 Å². The highest BCUT2D eigenvalue weighted by Crippen LogP contribution is 2.43. The first-order chi connectivity index (χ1) is 14.8. The smallest absolute Gasteiger partial charge is 0.252 e. The second-order valence-electron chi connectivity index (χ2n) is 7.89. The minimum atomic E-state index is -3.13. The number of aliphatic imine (C=N–C) groups is 1. The summed E-state index contributed by atoms with van der Waals surface area (Å²) in [6.07, 6.45) is 1.67. The number of carbonyl (C=O) groups is 1. The molecule has 2 atom stereocenters. The number of hydrogen-bond acceptors (Lipinski definition) is 4. The maximum Gasteiger partial charge on any atom is 0.252 e. The van der Waals surface area contributed by atoms with Crippen molar-refractivity contribution in [3.63, 3.8) is 0 Å². The fourth-order valence-corrected chi connectivity index (χ4v) is 8.19. The van der Waals surface area contributed by atoms with Gasteiger partial charge in [-0.1, -0.05) is 55.9 Å². The lowest BCUT2D eigenvalue weighted by atomic mass is 10.0. The zero-order chi connectivity index (χ0) is 22.2. The van der Waals surface area contributed by atoms with Gasteiger partial charge in [0, 0.05) is 10.9 Å². The van der Waals surface area contributed by atoms with Gasteiger partial charge in [0.25, 0.3) is 5.91 Å². The highest BCUT2D eigenvalue weighted by Gasteiger charge is 2.50. The van der Waals surface area contributed by atoms with Crippen molar-refractivity contribution >= 4 is 38.4 Å². The van der Waals surface area contributed by atoms with Crippen LogP contribution in [0.15, 0.2) is 47.5 Å². The molecule has 5 nitrogen and oxygen atoms in total. The third-order valence-electron chi connectivity index (χ3n) is 5.76. The van der Waals surface area contributed by atoms with Gasteiger partial charge in [-0.05, 0) is 41.7 Å². The topological polar surface area (TPSA) is 66.8 Å². The fraction of sp³-hybridized carbons (Fsp3) is 0.391. The summed E-state index contributed by atoms with van der Waals surface area (Å²) in [6, 6.07) is 11.7. The van der Waals surface area contributed by atoms with Crippen LogP contribution in [0.25, 0.3) is 0 Å². The van der Waals surface area contributed by atoms with Gasteiger partial charge in [0.2, 0.25) is 0 Å². The van der Waals surface area contributed by atoms with E-state index in [1.807, 2.05) is 23.1 Å². The maximum absolute atomic E-state index is 13.2. The number of amidine groups is 1. The number of carbonyl (C=O) groups excluding carboxylic acids is 1. The molecule has 2 fully saturated rings. The minimum Gasteiger partial charge on any atom is -0.315 e. The first-order valence-corrected chi connectivity index (χ1v) is 13.1. The standard InChI is InChI=1S/C23H25FN2O3S2/c1-3-16-6-5-7-17(4-2)22(16)26-19-13-31(28,29)14-20(19)30-23(26)25-21(27)12-15-8-10-18(24)11-9-15/h5-11,19-20H,3-4,12-14H2,1-2H3/t19-,20+/m1/s1. The molecule has 2 heterocycles. The molecular weight excluding hydrogens is 435 g/mol. The molecular formula is C23H25FN2O3S2. The fourth-order valence-electron chi connectivity index (χ4n) is 4.27. The van der Waals surface area contributed by atoms with Crippen LogP contribution < -0.4 is 4.90 Å². The number of nitrogens with zero attached hydrogens (tertiary/aromatic N) is 2. The first-order valence-electron chi connectivity index (χ1n) is 10.4. The lowest BCUT2D eigenvalue weighted by molar-refractivity contribution is -0.117. The molecule has 0 saturated carbocycles. The van der Waals surface area contributed by atoms with Gasteiger partial charge < -0.3 is 4.90 Å². The van der Waals surface area contributed by atoms with Gasteiger partial charge >= 0.3 is 0 Å². The molecule has 8 heteroatoms. The van der Waals surface area contributed by atoms with Crippen molar-refractivity contribution in [2.75, 3.05) is 16.4 Å². The van der Waals surface area contributed by atoms with E-state index in [2.05, 4.69) is 18.8 Å². The molecule has 0 unspecified atom stereocenters. The molecule has 2 aromatic carbocycles. The second kappa shape index (κ2) is 8.74. The number of hydrogen-bond donors (Lipinski definition) is 0. The molecule has 2 saturated heterocycles. The van der Waals surface area contributed by atoms with Crippen LogP contribution in [0.3, 0.4) is 0 Å². The average molecular weight is 461 g/mol. The Morgan fingerprint density at radius 2 is 1.74 bits per heavy atom. The SMILES string of the molecule is CCc1cccc(CC)c1N1C(=NC(=O)Cc2ccc(F)cc2)S[C@H]2CS(=O)(=O)C[C@H]21. The number of aryl methyl sites for hydroxylation is 2. The minimum absolute atomic E-state index is 0.0665. The molecule has 0 radical (unpaired) electrons. The summed E-state index contributed by atoms with van der Waals surface area (Å²) in [4.78, 5) is 19.2. The highest BCUT2D eigenvalue weighted by atomic mass is 32.2. The summed E-state index contributed by atoms with van der Waals surface area (Å²) in [5.74, 6) is -0.511. The van der Waals surface area contributed by atoms with Crippen LogP contribution in [-0.4, -0.2) is 42.3 Å². The molecule has 164 valence electrons. The summed E-state index contributed by atoms with van der Waals surface area (Å²) >= 11 is 1.38. The van der Waals surface area contributed by atoms with Crippen LogP contribution in [0.5, 0.6) is 0 Å². The van der Waals surface area contributed by atoms with Crippen LogP contribution in [0.1, 0.15) is 30.5 Å². The first kappa shape index (κ1) is 22.0. The molecule has 2 aliphatic heterocycles. The van der Waals surface area contributed by atoms with Gasteiger partial charge in [-0.15, -0.1) is 0 Å². The number of thioether (sulfide) groups is 1. The van der Waals surface area contributed by atoms with Crippen LogP contribution in [0.2, 0.25) is 0 Å². The zero-order valence-corrected chi connectivity index (χ0v) is 19.2. The number of benzene rings is 2. The number of para-hydroxylation sites is 1. The molecule has 0 bridgehead atoms. The van der Waals surface area contributed by atoms with E-state index >= 15 is 0 Å². The molecule has 4 rings (SSSR count). The van der Waals surface area contributed by atoms with Gasteiger partial charge in [0.15, 0.2) is 15.0 Å². The Morgan fingerprint density at radius 1 is 1.10 bits per heavy atom. The van der Waals surface area contributed by atoms with Crippen molar-refractivity contribution in [3.8, 4) is 0 Å². The normalized spacial score (nSPS) is 23.3. The Hall–Kier alpha value is -2.19. The van der Waals surface area contributed by atoms with E-state index in [1.54, 1.807) is 12.1 Å². The van der Waals surface area contributed by atoms with E-state index in [0.717, 1.165) is 29.7 Å². The largest absolute Gasteiger partial charge is 0.315 e. The summed E-state index contributed by atoms with van der Waals surface area (Å²) in [6.45, 7) is 4.14.